The Morgan fingerprint density at radius 2 is 2.36 bits per heavy atom. The van der Waals surface area contributed by atoms with E-state index in [0.717, 1.165) is 13.1 Å². The fraction of sp³-hybridized carbons (Fsp3) is 0.333. The summed E-state index contributed by atoms with van der Waals surface area (Å²) in [5.74, 6) is 0. The van der Waals surface area contributed by atoms with E-state index in [-0.39, 0.29) is 0 Å². The van der Waals surface area contributed by atoms with Gasteiger partial charge in [0.15, 0.2) is 0 Å². The van der Waals surface area contributed by atoms with Gasteiger partial charge < -0.3 is 9.88 Å². The van der Waals surface area contributed by atoms with Crippen LogP contribution in [0.3, 0.4) is 0 Å². The third-order valence-electron chi connectivity index (χ3n) is 3.05. The lowest BCUT2D eigenvalue weighted by molar-refractivity contribution is 0.797. The molecule has 1 aromatic carbocycles. The maximum atomic E-state index is 3.41. The van der Waals surface area contributed by atoms with E-state index in [9.17, 15) is 0 Å². The highest BCUT2D eigenvalue weighted by Crippen LogP contribution is 2.28. The molecule has 3 rings (SSSR count). The second-order valence-corrected chi connectivity index (χ2v) is 3.85. The second kappa shape index (κ2) is 2.77. The molecular weight excluding hydrogens is 172 g/mol. The van der Waals surface area contributed by atoms with Crippen molar-refractivity contribution in [3.63, 3.8) is 0 Å². The van der Waals surface area contributed by atoms with Crippen LogP contribution in [-0.2, 0) is 13.0 Å². The lowest BCUT2D eigenvalue weighted by Gasteiger charge is -2.03. The van der Waals surface area contributed by atoms with E-state index in [2.05, 4.69) is 41.2 Å². The predicted molar refractivity (Wildman–Crippen MR) is 59.8 cm³/mol. The lowest BCUT2D eigenvalue weighted by atomic mass is 10.1. The van der Waals surface area contributed by atoms with Gasteiger partial charge in [0.05, 0.1) is 0 Å². The molecule has 0 saturated heterocycles. The van der Waals surface area contributed by atoms with Crippen LogP contribution in [-0.4, -0.2) is 11.1 Å². The van der Waals surface area contributed by atoms with Crippen molar-refractivity contribution >= 4 is 16.6 Å². The molecule has 0 saturated carbocycles. The van der Waals surface area contributed by atoms with Crippen LogP contribution in [0.4, 0.5) is 5.69 Å². The fourth-order valence-corrected chi connectivity index (χ4v) is 2.26. The molecule has 2 heteroatoms. The van der Waals surface area contributed by atoms with Gasteiger partial charge >= 0.3 is 0 Å². The zero-order valence-corrected chi connectivity index (χ0v) is 8.38. The normalized spacial score (nSPS) is 14.4. The molecule has 1 aliphatic rings. The van der Waals surface area contributed by atoms with Crippen molar-refractivity contribution in [1.29, 1.82) is 0 Å². The predicted octanol–water partition coefficient (Wildman–Crippen LogP) is 2.63. The molecule has 0 amide bonds. The van der Waals surface area contributed by atoms with Crippen LogP contribution in [0.25, 0.3) is 10.9 Å². The summed E-state index contributed by atoms with van der Waals surface area (Å²) in [5, 5.41) is 4.76. The number of rotatable bonds is 1. The maximum absolute atomic E-state index is 3.41. The van der Waals surface area contributed by atoms with Crippen LogP contribution in [0.1, 0.15) is 12.5 Å². The van der Waals surface area contributed by atoms with Gasteiger partial charge in [-0.25, -0.2) is 0 Å². The molecule has 0 unspecified atom stereocenters. The molecule has 0 bridgehead atoms. The van der Waals surface area contributed by atoms with Gasteiger partial charge in [-0.2, -0.15) is 0 Å². The molecule has 0 aliphatic carbocycles. The Bertz CT molecular complexity index is 482. The molecule has 0 radical (unpaired) electrons. The van der Waals surface area contributed by atoms with Crippen LogP contribution in [0.2, 0.25) is 0 Å². The molecule has 2 heterocycles. The first-order valence-electron chi connectivity index (χ1n) is 5.24. The number of aryl methyl sites for hydroxylation is 1. The van der Waals surface area contributed by atoms with E-state index in [1.165, 1.54) is 28.6 Å². The Labute approximate surface area is 83.5 Å². The molecular formula is C12H14N2. The van der Waals surface area contributed by atoms with E-state index in [1.54, 1.807) is 0 Å². The topological polar surface area (TPSA) is 17.0 Å². The lowest BCUT2D eigenvalue weighted by Crippen LogP contribution is -1.91. The molecule has 14 heavy (non-hydrogen) atoms. The van der Waals surface area contributed by atoms with Crippen molar-refractivity contribution in [1.82, 2.24) is 4.57 Å². The molecule has 72 valence electrons. The van der Waals surface area contributed by atoms with E-state index in [1.807, 2.05) is 0 Å². The van der Waals surface area contributed by atoms with Crippen LogP contribution in [0.15, 0.2) is 24.4 Å². The van der Waals surface area contributed by atoms with Gasteiger partial charge in [-0.1, -0.05) is 0 Å². The minimum absolute atomic E-state index is 1.05. The van der Waals surface area contributed by atoms with Gasteiger partial charge in [0.1, 0.15) is 0 Å². The third kappa shape index (κ3) is 0.969. The van der Waals surface area contributed by atoms with Gasteiger partial charge in [-0.15, -0.1) is 0 Å². The Balaban J connectivity index is 2.30. The number of hydrogen-bond donors (Lipinski definition) is 1. The monoisotopic (exact) mass is 186 g/mol. The Kier molecular flexibility index (Phi) is 1.57. The third-order valence-corrected chi connectivity index (χ3v) is 3.05. The molecule has 2 nitrogen and oxygen atoms in total. The fourth-order valence-electron chi connectivity index (χ4n) is 2.26. The standard InChI is InChI=1S/C12H14N2/c1-2-14-6-4-10-7-11-9(3-5-13-11)8-12(10)14/h4,6-8,13H,2-3,5H2,1H3. The Hall–Kier alpha value is -1.44. The smallest absolute Gasteiger partial charge is 0.0484 e. The first kappa shape index (κ1) is 7.92. The van der Waals surface area contributed by atoms with Gasteiger partial charge in [0.2, 0.25) is 0 Å². The minimum Gasteiger partial charge on any atom is -0.384 e. The van der Waals surface area contributed by atoms with Crippen molar-refractivity contribution in [3.8, 4) is 0 Å². The summed E-state index contributed by atoms with van der Waals surface area (Å²) in [6.45, 7) is 4.33. The first-order valence-corrected chi connectivity index (χ1v) is 5.24. The van der Waals surface area contributed by atoms with E-state index in [0.29, 0.717) is 0 Å². The van der Waals surface area contributed by atoms with Crippen LogP contribution < -0.4 is 5.32 Å². The van der Waals surface area contributed by atoms with Crippen LogP contribution >= 0.6 is 0 Å². The molecule has 1 aromatic heterocycles. The maximum Gasteiger partial charge on any atom is 0.0484 e. The largest absolute Gasteiger partial charge is 0.384 e. The average Bonchev–Trinajstić information content (AvgIpc) is 2.78. The van der Waals surface area contributed by atoms with Crippen molar-refractivity contribution in [2.75, 3.05) is 11.9 Å². The summed E-state index contributed by atoms with van der Waals surface area (Å²) in [5.41, 5.74) is 4.16. The summed E-state index contributed by atoms with van der Waals surface area (Å²) in [6, 6.07) is 6.79. The van der Waals surface area contributed by atoms with E-state index < -0.39 is 0 Å². The van der Waals surface area contributed by atoms with Gasteiger partial charge in [0, 0.05) is 35.9 Å². The van der Waals surface area contributed by atoms with Crippen molar-refractivity contribution < 1.29 is 0 Å². The molecule has 2 aromatic rings. The zero-order valence-electron chi connectivity index (χ0n) is 8.38. The number of nitrogens with one attached hydrogen (secondary N) is 1. The summed E-state index contributed by atoms with van der Waals surface area (Å²) < 4.78 is 2.30. The first-order chi connectivity index (χ1) is 6.88. The van der Waals surface area contributed by atoms with Crippen LogP contribution in [0, 0.1) is 0 Å². The molecule has 1 aliphatic heterocycles. The highest BCUT2D eigenvalue weighted by atomic mass is 15.0. The zero-order chi connectivity index (χ0) is 9.54. The van der Waals surface area contributed by atoms with E-state index in [4.69, 9.17) is 0 Å². The quantitative estimate of drug-likeness (QED) is 0.724. The SMILES string of the molecule is CCn1ccc2cc3c(cc21)CCN3. The van der Waals surface area contributed by atoms with Gasteiger partial charge in [-0.05, 0) is 37.1 Å². The van der Waals surface area contributed by atoms with E-state index >= 15 is 0 Å². The summed E-state index contributed by atoms with van der Waals surface area (Å²) in [7, 11) is 0. The number of aromatic nitrogens is 1. The summed E-state index contributed by atoms with van der Waals surface area (Å²) >= 11 is 0. The highest BCUT2D eigenvalue weighted by Gasteiger charge is 2.11. The molecule has 0 spiro atoms. The second-order valence-electron chi connectivity index (χ2n) is 3.85. The van der Waals surface area contributed by atoms with Crippen molar-refractivity contribution in [3.05, 3.63) is 30.0 Å². The van der Waals surface area contributed by atoms with Gasteiger partial charge in [-0.3, -0.25) is 0 Å². The van der Waals surface area contributed by atoms with Gasteiger partial charge in [0.25, 0.3) is 0 Å². The summed E-state index contributed by atoms with van der Waals surface area (Å²) in [6.07, 6.45) is 3.33. The number of benzene rings is 1. The number of fused-ring (bicyclic) bond motifs is 2. The van der Waals surface area contributed by atoms with Crippen molar-refractivity contribution in [2.24, 2.45) is 0 Å². The average molecular weight is 186 g/mol. The van der Waals surface area contributed by atoms with Crippen LogP contribution in [0.5, 0.6) is 0 Å². The highest BCUT2D eigenvalue weighted by molar-refractivity contribution is 5.86. The summed E-state index contributed by atoms with van der Waals surface area (Å²) in [4.78, 5) is 0. The Morgan fingerprint density at radius 1 is 1.43 bits per heavy atom. The molecule has 0 fully saturated rings. The van der Waals surface area contributed by atoms with Crippen molar-refractivity contribution in [2.45, 2.75) is 19.9 Å². The number of nitrogens with zero attached hydrogens (tertiary/aromatic N) is 1. The minimum atomic E-state index is 1.05. The molecule has 1 N–H and O–H groups in total. The number of anilines is 1. The Morgan fingerprint density at radius 3 is 3.21 bits per heavy atom. The molecule has 0 atom stereocenters. The number of hydrogen-bond acceptors (Lipinski definition) is 1.